The highest BCUT2D eigenvalue weighted by Crippen LogP contribution is 2.21. The molecule has 10 heteroatoms. The van der Waals surface area contributed by atoms with E-state index in [0.717, 1.165) is 23.5 Å². The van der Waals surface area contributed by atoms with E-state index in [1.807, 2.05) is 22.5 Å². The van der Waals surface area contributed by atoms with Gasteiger partial charge < -0.3 is 14.2 Å². The van der Waals surface area contributed by atoms with Crippen LogP contribution in [0.1, 0.15) is 12.7 Å². The Bertz CT molecular complexity index is 1220. The second-order valence-corrected chi connectivity index (χ2v) is 7.97. The fraction of sp³-hybridized carbons (Fsp3) is 0.500. The van der Waals surface area contributed by atoms with E-state index in [9.17, 15) is 14.0 Å². The zero-order chi connectivity index (χ0) is 22.8. The van der Waals surface area contributed by atoms with Crippen LogP contribution in [0.3, 0.4) is 0 Å². The van der Waals surface area contributed by atoms with Crippen molar-refractivity contribution in [2.45, 2.75) is 20.0 Å². The maximum Gasteiger partial charge on any atom is 0.332 e. The van der Waals surface area contributed by atoms with Crippen molar-refractivity contribution < 1.29 is 9.13 Å². The van der Waals surface area contributed by atoms with Crippen molar-refractivity contribution in [2.24, 2.45) is 14.1 Å². The maximum absolute atomic E-state index is 14.1. The minimum absolute atomic E-state index is 0.213. The highest BCUT2D eigenvalue weighted by atomic mass is 19.1. The van der Waals surface area contributed by atoms with Gasteiger partial charge in [-0.15, -0.1) is 0 Å². The zero-order valence-electron chi connectivity index (χ0n) is 18.8. The summed E-state index contributed by atoms with van der Waals surface area (Å²) in [6.07, 6.45) is 0. The molecule has 0 aliphatic carbocycles. The van der Waals surface area contributed by atoms with Crippen LogP contribution in [0.4, 0.5) is 10.1 Å². The maximum atomic E-state index is 14.1. The van der Waals surface area contributed by atoms with Crippen molar-refractivity contribution in [3.63, 3.8) is 0 Å². The molecule has 0 unspecified atom stereocenters. The second-order valence-electron chi connectivity index (χ2n) is 7.97. The Morgan fingerprint density at radius 2 is 1.78 bits per heavy atom. The zero-order valence-corrected chi connectivity index (χ0v) is 18.8. The average Bonchev–Trinajstić information content (AvgIpc) is 3.15. The summed E-state index contributed by atoms with van der Waals surface area (Å²) < 4.78 is 24.0. The van der Waals surface area contributed by atoms with Crippen LogP contribution in [0.2, 0.25) is 0 Å². The minimum Gasteiger partial charge on any atom is -0.380 e. The number of halogens is 1. The molecule has 172 valence electrons. The van der Waals surface area contributed by atoms with Crippen LogP contribution in [-0.2, 0) is 31.9 Å². The Morgan fingerprint density at radius 3 is 2.47 bits per heavy atom. The van der Waals surface area contributed by atoms with Gasteiger partial charge in [0.15, 0.2) is 11.2 Å². The molecular weight excluding hydrogens is 415 g/mol. The second kappa shape index (κ2) is 9.25. The number of imidazole rings is 1. The molecule has 1 aliphatic rings. The Hall–Kier alpha value is -2.98. The van der Waals surface area contributed by atoms with Gasteiger partial charge in [0.25, 0.3) is 5.56 Å². The quantitative estimate of drug-likeness (QED) is 0.505. The van der Waals surface area contributed by atoms with Gasteiger partial charge in [0.1, 0.15) is 11.6 Å². The van der Waals surface area contributed by atoms with E-state index in [0.29, 0.717) is 56.2 Å². The highest BCUT2D eigenvalue weighted by molar-refractivity contribution is 5.71. The lowest BCUT2D eigenvalue weighted by atomic mass is 10.2. The number of benzene rings is 1. The van der Waals surface area contributed by atoms with E-state index < -0.39 is 5.69 Å². The smallest absolute Gasteiger partial charge is 0.332 e. The van der Waals surface area contributed by atoms with Gasteiger partial charge in [-0.1, -0.05) is 12.1 Å². The van der Waals surface area contributed by atoms with E-state index in [4.69, 9.17) is 4.74 Å². The van der Waals surface area contributed by atoms with E-state index in [-0.39, 0.29) is 11.4 Å². The van der Waals surface area contributed by atoms with Crippen molar-refractivity contribution >= 4 is 16.9 Å². The summed E-state index contributed by atoms with van der Waals surface area (Å²) in [4.78, 5) is 34.2. The summed E-state index contributed by atoms with van der Waals surface area (Å²) in [6, 6.07) is 6.82. The van der Waals surface area contributed by atoms with Crippen LogP contribution in [0.25, 0.3) is 11.2 Å². The summed E-state index contributed by atoms with van der Waals surface area (Å²) in [6.45, 7) is 6.81. The number of hydrogen-bond donors (Lipinski definition) is 0. The number of para-hydroxylation sites is 1. The molecule has 0 atom stereocenters. The predicted octanol–water partition coefficient (Wildman–Crippen LogP) is 0.932. The molecular formula is C22H29FN6O3. The number of aromatic nitrogens is 4. The lowest BCUT2D eigenvalue weighted by molar-refractivity contribution is 0.138. The average molecular weight is 445 g/mol. The molecule has 1 aliphatic heterocycles. The number of hydrogen-bond acceptors (Lipinski definition) is 6. The molecule has 3 aromatic rings. The molecule has 2 aromatic heterocycles. The Kier molecular flexibility index (Phi) is 6.43. The third-order valence-electron chi connectivity index (χ3n) is 6.02. The third-order valence-corrected chi connectivity index (χ3v) is 6.02. The van der Waals surface area contributed by atoms with E-state index in [1.54, 1.807) is 19.2 Å². The van der Waals surface area contributed by atoms with Crippen molar-refractivity contribution in [1.29, 1.82) is 0 Å². The topological polar surface area (TPSA) is 77.5 Å². The van der Waals surface area contributed by atoms with Crippen LogP contribution in [0.5, 0.6) is 0 Å². The summed E-state index contributed by atoms with van der Waals surface area (Å²) in [5.74, 6) is 0.507. The summed E-state index contributed by atoms with van der Waals surface area (Å²) in [5, 5.41) is 0. The van der Waals surface area contributed by atoms with E-state index in [1.165, 1.54) is 17.7 Å². The fourth-order valence-electron chi connectivity index (χ4n) is 4.21. The first-order valence-electron chi connectivity index (χ1n) is 10.9. The number of ether oxygens (including phenoxy) is 1. The van der Waals surface area contributed by atoms with Crippen LogP contribution in [0.15, 0.2) is 33.9 Å². The molecule has 1 aromatic carbocycles. The molecule has 3 heterocycles. The molecule has 0 N–H and O–H groups in total. The Labute approximate surface area is 185 Å². The van der Waals surface area contributed by atoms with Crippen molar-refractivity contribution in [3.8, 4) is 0 Å². The van der Waals surface area contributed by atoms with Crippen molar-refractivity contribution in [3.05, 3.63) is 56.7 Å². The van der Waals surface area contributed by atoms with Crippen molar-refractivity contribution in [1.82, 2.24) is 23.6 Å². The van der Waals surface area contributed by atoms with Gasteiger partial charge in [0.05, 0.1) is 18.8 Å². The summed E-state index contributed by atoms with van der Waals surface area (Å²) in [5.41, 5.74) is 0.656. The van der Waals surface area contributed by atoms with Gasteiger partial charge in [-0.25, -0.2) is 14.2 Å². The lowest BCUT2D eigenvalue weighted by Crippen LogP contribution is -2.46. The number of piperazine rings is 1. The lowest BCUT2D eigenvalue weighted by Gasteiger charge is -2.36. The van der Waals surface area contributed by atoms with Crippen LogP contribution < -0.4 is 16.1 Å². The molecule has 1 saturated heterocycles. The molecule has 0 saturated carbocycles. The predicted molar refractivity (Wildman–Crippen MR) is 121 cm³/mol. The SMILES string of the molecule is CCOCCn1c(CN2CCN(c3ccccc3F)CC2)nc2c1c(=O)n(C)c(=O)n2C. The van der Waals surface area contributed by atoms with E-state index >= 15 is 0 Å². The van der Waals surface area contributed by atoms with Crippen LogP contribution in [-0.4, -0.2) is 63.0 Å². The first-order chi connectivity index (χ1) is 15.4. The van der Waals surface area contributed by atoms with E-state index in [2.05, 4.69) is 9.88 Å². The van der Waals surface area contributed by atoms with Gasteiger partial charge in [0, 0.05) is 53.4 Å². The first kappa shape index (κ1) is 22.2. The van der Waals surface area contributed by atoms with Crippen molar-refractivity contribution in [2.75, 3.05) is 44.3 Å². The molecule has 0 bridgehead atoms. The van der Waals surface area contributed by atoms with Crippen LogP contribution in [0, 0.1) is 5.82 Å². The number of aryl methyl sites for hydroxylation is 1. The Morgan fingerprint density at radius 1 is 1.06 bits per heavy atom. The number of anilines is 1. The van der Waals surface area contributed by atoms with Gasteiger partial charge in [0.2, 0.25) is 0 Å². The summed E-state index contributed by atoms with van der Waals surface area (Å²) >= 11 is 0. The normalized spacial score (nSPS) is 15.1. The number of nitrogens with zero attached hydrogens (tertiary/aromatic N) is 6. The molecule has 0 amide bonds. The standard InChI is InChI=1S/C22H29FN6O3/c1-4-32-14-13-29-18(24-20-19(29)21(30)26(3)22(31)25(20)2)15-27-9-11-28(12-10-27)17-8-6-5-7-16(17)23/h5-8H,4,9-15H2,1-3H3. The monoisotopic (exact) mass is 444 g/mol. The van der Waals surface area contributed by atoms with Gasteiger partial charge in [-0.05, 0) is 19.1 Å². The minimum atomic E-state index is -0.401. The largest absolute Gasteiger partial charge is 0.380 e. The third kappa shape index (κ3) is 4.07. The van der Waals surface area contributed by atoms with Gasteiger partial charge in [-0.2, -0.15) is 0 Å². The molecule has 4 rings (SSSR count). The highest BCUT2D eigenvalue weighted by Gasteiger charge is 2.23. The first-order valence-corrected chi connectivity index (χ1v) is 10.9. The molecule has 0 radical (unpaired) electrons. The number of rotatable bonds is 7. The molecule has 1 fully saturated rings. The van der Waals surface area contributed by atoms with Crippen LogP contribution >= 0.6 is 0 Å². The molecule has 32 heavy (non-hydrogen) atoms. The molecule has 9 nitrogen and oxygen atoms in total. The summed E-state index contributed by atoms with van der Waals surface area (Å²) in [7, 11) is 3.10. The Balaban J connectivity index is 1.60. The van der Waals surface area contributed by atoms with Gasteiger partial charge in [-0.3, -0.25) is 18.8 Å². The molecule has 0 spiro atoms. The van der Waals surface area contributed by atoms with Gasteiger partial charge >= 0.3 is 5.69 Å². The fourth-order valence-corrected chi connectivity index (χ4v) is 4.21. The number of fused-ring (bicyclic) bond motifs is 1.